The van der Waals surface area contributed by atoms with E-state index in [9.17, 15) is 18.0 Å². The highest BCUT2D eigenvalue weighted by Gasteiger charge is 2.31. The predicted octanol–water partition coefficient (Wildman–Crippen LogP) is 4.43. The molecule has 25 heavy (non-hydrogen) atoms. The van der Waals surface area contributed by atoms with E-state index in [0.29, 0.717) is 18.7 Å². The van der Waals surface area contributed by atoms with E-state index >= 15 is 0 Å². The summed E-state index contributed by atoms with van der Waals surface area (Å²) in [5.41, 5.74) is 1.58. The van der Waals surface area contributed by atoms with Crippen molar-refractivity contribution < 1.29 is 18.0 Å². The number of rotatable bonds is 2. The van der Waals surface area contributed by atoms with Gasteiger partial charge in [0.2, 0.25) is 0 Å². The molecule has 0 N–H and O–H groups in total. The van der Waals surface area contributed by atoms with E-state index in [2.05, 4.69) is 4.98 Å². The quantitative estimate of drug-likeness (QED) is 0.804. The highest BCUT2D eigenvalue weighted by molar-refractivity contribution is 5.94. The van der Waals surface area contributed by atoms with Gasteiger partial charge in [-0.05, 0) is 49.6 Å². The number of carbonyl (C=O) groups is 1. The van der Waals surface area contributed by atoms with Crippen LogP contribution in [-0.4, -0.2) is 28.9 Å². The Bertz CT molecular complexity index is 756. The summed E-state index contributed by atoms with van der Waals surface area (Å²) in [4.78, 5) is 18.5. The molecule has 0 spiro atoms. The average molecular weight is 348 g/mol. The van der Waals surface area contributed by atoms with Gasteiger partial charge in [0.15, 0.2) is 0 Å². The molecule has 0 bridgehead atoms. The van der Waals surface area contributed by atoms with Crippen LogP contribution < -0.4 is 0 Å². The summed E-state index contributed by atoms with van der Waals surface area (Å²) in [6, 6.07) is 8.72. The molecule has 1 saturated heterocycles. The molecule has 0 radical (unpaired) electrons. The van der Waals surface area contributed by atoms with Crippen LogP contribution in [0.25, 0.3) is 0 Å². The summed E-state index contributed by atoms with van der Waals surface area (Å²) in [5, 5.41) is 0. The highest BCUT2D eigenvalue weighted by Crippen LogP contribution is 2.32. The Balaban J connectivity index is 1.74. The van der Waals surface area contributed by atoms with E-state index < -0.39 is 11.7 Å². The molecule has 1 aromatic carbocycles. The van der Waals surface area contributed by atoms with Crippen molar-refractivity contribution in [2.75, 3.05) is 13.1 Å². The van der Waals surface area contributed by atoms with Gasteiger partial charge in [0.1, 0.15) is 0 Å². The van der Waals surface area contributed by atoms with E-state index in [1.165, 1.54) is 12.1 Å². The summed E-state index contributed by atoms with van der Waals surface area (Å²) in [6.45, 7) is 3.01. The van der Waals surface area contributed by atoms with Gasteiger partial charge in [-0.2, -0.15) is 13.2 Å². The number of aryl methyl sites for hydroxylation is 1. The van der Waals surface area contributed by atoms with Gasteiger partial charge >= 0.3 is 6.18 Å². The Morgan fingerprint density at radius 2 is 1.92 bits per heavy atom. The number of alkyl halides is 3. The van der Waals surface area contributed by atoms with Gasteiger partial charge in [0.05, 0.1) is 5.56 Å². The maximum atomic E-state index is 12.7. The lowest BCUT2D eigenvalue weighted by Crippen LogP contribution is -2.39. The van der Waals surface area contributed by atoms with Gasteiger partial charge in [0.25, 0.3) is 5.91 Å². The number of benzene rings is 1. The molecular weight excluding hydrogens is 329 g/mol. The number of nitrogens with zero attached hydrogens (tertiary/aromatic N) is 2. The van der Waals surface area contributed by atoms with Crippen molar-refractivity contribution in [1.82, 2.24) is 9.88 Å². The first-order valence-electron chi connectivity index (χ1n) is 8.23. The average Bonchev–Trinajstić information content (AvgIpc) is 2.60. The first-order valence-corrected chi connectivity index (χ1v) is 8.23. The van der Waals surface area contributed by atoms with Gasteiger partial charge in [-0.1, -0.05) is 12.1 Å². The molecule has 1 aromatic heterocycles. The Labute approximate surface area is 144 Å². The maximum Gasteiger partial charge on any atom is 0.416 e. The van der Waals surface area contributed by atoms with E-state index in [1.807, 2.05) is 6.92 Å². The molecule has 132 valence electrons. The van der Waals surface area contributed by atoms with Gasteiger partial charge in [-0.3, -0.25) is 9.78 Å². The van der Waals surface area contributed by atoms with E-state index in [0.717, 1.165) is 36.2 Å². The fourth-order valence-corrected chi connectivity index (χ4v) is 3.24. The second-order valence-electron chi connectivity index (χ2n) is 6.40. The van der Waals surface area contributed by atoms with Gasteiger partial charge < -0.3 is 4.90 Å². The topological polar surface area (TPSA) is 33.2 Å². The molecule has 3 nitrogen and oxygen atoms in total. The molecule has 1 fully saturated rings. The minimum Gasteiger partial charge on any atom is -0.338 e. The largest absolute Gasteiger partial charge is 0.416 e. The number of hydrogen-bond donors (Lipinski definition) is 0. The zero-order chi connectivity index (χ0) is 18.0. The van der Waals surface area contributed by atoms with Crippen LogP contribution in [0.3, 0.4) is 0 Å². The molecular formula is C19H19F3N2O. The number of piperidine rings is 1. The van der Waals surface area contributed by atoms with Gasteiger partial charge in [0, 0.05) is 36.5 Å². The fourth-order valence-electron chi connectivity index (χ4n) is 3.24. The molecule has 1 aliphatic rings. The SMILES string of the molecule is Cc1cc(C(=O)N2CCCC(c3ccc(C(F)(F)F)cc3)C2)ccn1. The molecule has 1 amide bonds. The molecule has 2 aromatic rings. The molecule has 0 aliphatic carbocycles. The molecule has 6 heteroatoms. The Morgan fingerprint density at radius 1 is 1.20 bits per heavy atom. The zero-order valence-electron chi connectivity index (χ0n) is 13.9. The van der Waals surface area contributed by atoms with Crippen LogP contribution in [0.2, 0.25) is 0 Å². The van der Waals surface area contributed by atoms with E-state index in [4.69, 9.17) is 0 Å². The van der Waals surface area contributed by atoms with Crippen molar-refractivity contribution in [2.45, 2.75) is 31.9 Å². The Kier molecular flexibility index (Phi) is 4.79. The Hall–Kier alpha value is -2.37. The number of amides is 1. The summed E-state index contributed by atoms with van der Waals surface area (Å²) < 4.78 is 38.1. The number of halogens is 3. The van der Waals surface area contributed by atoms with Gasteiger partial charge in [-0.15, -0.1) is 0 Å². The van der Waals surface area contributed by atoms with Crippen LogP contribution in [0.4, 0.5) is 13.2 Å². The lowest BCUT2D eigenvalue weighted by Gasteiger charge is -2.33. The van der Waals surface area contributed by atoms with Crippen molar-refractivity contribution in [1.29, 1.82) is 0 Å². The smallest absolute Gasteiger partial charge is 0.338 e. The predicted molar refractivity (Wildman–Crippen MR) is 88.3 cm³/mol. The second-order valence-corrected chi connectivity index (χ2v) is 6.40. The second kappa shape index (κ2) is 6.86. The number of pyridine rings is 1. The van der Waals surface area contributed by atoms with E-state index in [-0.39, 0.29) is 11.8 Å². The van der Waals surface area contributed by atoms with Crippen LogP contribution in [0, 0.1) is 6.92 Å². The van der Waals surface area contributed by atoms with Crippen LogP contribution in [0.5, 0.6) is 0 Å². The summed E-state index contributed by atoms with van der Waals surface area (Å²) in [5.74, 6) is 0.00466. The number of likely N-dealkylation sites (tertiary alicyclic amines) is 1. The molecule has 1 unspecified atom stereocenters. The summed E-state index contributed by atoms with van der Waals surface area (Å²) in [6.07, 6.45) is -1.02. The lowest BCUT2D eigenvalue weighted by atomic mass is 9.90. The monoisotopic (exact) mass is 348 g/mol. The molecule has 1 atom stereocenters. The van der Waals surface area contributed by atoms with Gasteiger partial charge in [-0.25, -0.2) is 0 Å². The summed E-state index contributed by atoms with van der Waals surface area (Å²) >= 11 is 0. The highest BCUT2D eigenvalue weighted by atomic mass is 19.4. The van der Waals surface area contributed by atoms with Crippen LogP contribution >= 0.6 is 0 Å². The minimum absolute atomic E-state index is 0.0536. The first-order chi connectivity index (χ1) is 11.8. The van der Waals surface area contributed by atoms with Crippen LogP contribution in [-0.2, 0) is 6.18 Å². The van der Waals surface area contributed by atoms with Crippen LogP contribution in [0.15, 0.2) is 42.6 Å². The minimum atomic E-state index is -4.33. The fraction of sp³-hybridized carbons (Fsp3) is 0.368. The third-order valence-corrected chi connectivity index (χ3v) is 4.56. The molecule has 0 saturated carbocycles. The number of carbonyl (C=O) groups excluding carboxylic acids is 1. The zero-order valence-corrected chi connectivity index (χ0v) is 13.9. The number of aromatic nitrogens is 1. The molecule has 1 aliphatic heterocycles. The van der Waals surface area contributed by atoms with Crippen molar-refractivity contribution in [2.24, 2.45) is 0 Å². The summed E-state index contributed by atoms with van der Waals surface area (Å²) in [7, 11) is 0. The first kappa shape index (κ1) is 17.5. The number of hydrogen-bond acceptors (Lipinski definition) is 2. The van der Waals surface area contributed by atoms with Crippen molar-refractivity contribution in [3.05, 3.63) is 65.0 Å². The molecule has 3 rings (SSSR count). The lowest BCUT2D eigenvalue weighted by molar-refractivity contribution is -0.137. The third-order valence-electron chi connectivity index (χ3n) is 4.56. The van der Waals surface area contributed by atoms with Crippen LogP contribution in [0.1, 0.15) is 45.9 Å². The van der Waals surface area contributed by atoms with Crippen molar-refractivity contribution >= 4 is 5.91 Å². The molecule has 2 heterocycles. The van der Waals surface area contributed by atoms with Crippen molar-refractivity contribution in [3.8, 4) is 0 Å². The van der Waals surface area contributed by atoms with E-state index in [1.54, 1.807) is 23.2 Å². The standard InChI is InChI=1S/C19H19F3N2O/c1-13-11-15(8-9-23-13)18(25)24-10-2-3-16(12-24)14-4-6-17(7-5-14)19(20,21)22/h4-9,11,16H,2-3,10,12H2,1H3. The third kappa shape index (κ3) is 4.00. The maximum absolute atomic E-state index is 12.7. The van der Waals surface area contributed by atoms with Crippen molar-refractivity contribution in [3.63, 3.8) is 0 Å². The Morgan fingerprint density at radius 3 is 2.56 bits per heavy atom. The normalized spacial score (nSPS) is 18.2.